The Labute approximate surface area is 129 Å². The van der Waals surface area contributed by atoms with Crippen LogP contribution in [0.4, 0.5) is 0 Å². The first kappa shape index (κ1) is 15.6. The van der Waals surface area contributed by atoms with Crippen molar-refractivity contribution in [2.45, 2.75) is 33.2 Å². The number of hydrogen-bond donors (Lipinski definition) is 0. The van der Waals surface area contributed by atoms with Crippen LogP contribution in [0.5, 0.6) is 5.75 Å². The van der Waals surface area contributed by atoms with Crippen LogP contribution in [-0.2, 0) is 9.59 Å². The normalized spacial score (nSPS) is 15.4. The van der Waals surface area contributed by atoms with Crippen molar-refractivity contribution in [1.82, 2.24) is 4.90 Å². The van der Waals surface area contributed by atoms with E-state index in [1.807, 2.05) is 6.92 Å². The summed E-state index contributed by atoms with van der Waals surface area (Å²) in [5.41, 5.74) is 0.891. The maximum absolute atomic E-state index is 12.4. The van der Waals surface area contributed by atoms with Gasteiger partial charge in [0.2, 0.25) is 0 Å². The molecule has 0 radical (unpaired) electrons. The molecule has 2 amide bonds. The third kappa shape index (κ3) is 2.95. The Morgan fingerprint density at radius 2 is 1.76 bits per heavy atom. The van der Waals surface area contributed by atoms with E-state index in [1.165, 1.54) is 4.90 Å². The molecule has 0 aliphatic carbocycles. The lowest BCUT2D eigenvalue weighted by molar-refractivity contribution is -0.138. The average Bonchev–Trinajstić information content (AvgIpc) is 2.68. The molecule has 1 aliphatic rings. The average molecular weight is 308 g/mol. The smallest absolute Gasteiger partial charge is 0.273 e. The van der Waals surface area contributed by atoms with Gasteiger partial charge in [0.1, 0.15) is 10.8 Å². The van der Waals surface area contributed by atoms with E-state index in [-0.39, 0.29) is 22.6 Å². The maximum atomic E-state index is 12.4. The molecule has 1 aromatic rings. The quantitative estimate of drug-likeness (QED) is 0.785. The first-order valence-electron chi connectivity index (χ1n) is 6.98. The van der Waals surface area contributed by atoms with Crippen molar-refractivity contribution in [3.05, 3.63) is 34.9 Å². The fourth-order valence-corrected chi connectivity index (χ4v) is 2.46. The Bertz CT molecular complexity index is 590. The predicted molar refractivity (Wildman–Crippen MR) is 82.0 cm³/mol. The summed E-state index contributed by atoms with van der Waals surface area (Å²) in [6, 6.07) is 6.83. The Morgan fingerprint density at radius 1 is 1.14 bits per heavy atom. The van der Waals surface area contributed by atoms with E-state index in [2.05, 4.69) is 0 Å². The van der Waals surface area contributed by atoms with Gasteiger partial charge in [0.25, 0.3) is 11.8 Å². The Hall–Kier alpha value is -1.81. The molecule has 0 aromatic heterocycles. The van der Waals surface area contributed by atoms with Crippen molar-refractivity contribution < 1.29 is 14.3 Å². The molecule has 0 bridgehead atoms. The highest BCUT2D eigenvalue weighted by molar-refractivity contribution is 6.55. The van der Waals surface area contributed by atoms with Gasteiger partial charge in [0.05, 0.1) is 12.2 Å². The standard InChI is InChI=1S/C16H18ClNO3/c1-4-9-21-12-7-5-11(6-8-12)13-14(17)16(20)18(10(2)3)15(13)19/h5-8,10H,4,9H2,1-3H3. The molecule has 2 rings (SSSR count). The molecule has 5 heteroatoms. The minimum absolute atomic E-state index is 0.0177. The Balaban J connectivity index is 2.29. The number of benzene rings is 1. The number of amides is 2. The highest BCUT2D eigenvalue weighted by atomic mass is 35.5. The van der Waals surface area contributed by atoms with E-state index in [1.54, 1.807) is 38.1 Å². The second-order valence-electron chi connectivity index (χ2n) is 5.14. The molecular formula is C16H18ClNO3. The largest absolute Gasteiger partial charge is 0.494 e. The van der Waals surface area contributed by atoms with Crippen LogP contribution >= 0.6 is 11.6 Å². The zero-order valence-electron chi connectivity index (χ0n) is 12.4. The fraction of sp³-hybridized carbons (Fsp3) is 0.375. The zero-order valence-corrected chi connectivity index (χ0v) is 13.1. The molecule has 0 atom stereocenters. The van der Waals surface area contributed by atoms with E-state index in [9.17, 15) is 9.59 Å². The van der Waals surface area contributed by atoms with Gasteiger partial charge in [-0.15, -0.1) is 0 Å². The summed E-state index contributed by atoms with van der Waals surface area (Å²) >= 11 is 6.06. The first-order valence-corrected chi connectivity index (χ1v) is 7.36. The van der Waals surface area contributed by atoms with Gasteiger partial charge in [-0.05, 0) is 38.0 Å². The number of ether oxygens (including phenoxy) is 1. The summed E-state index contributed by atoms with van der Waals surface area (Å²) in [6.45, 7) is 6.23. The minimum Gasteiger partial charge on any atom is -0.494 e. The number of nitrogens with zero attached hydrogens (tertiary/aromatic N) is 1. The van der Waals surface area contributed by atoms with E-state index in [0.717, 1.165) is 12.2 Å². The van der Waals surface area contributed by atoms with Crippen LogP contribution in [0.25, 0.3) is 5.57 Å². The van der Waals surface area contributed by atoms with E-state index in [4.69, 9.17) is 16.3 Å². The Morgan fingerprint density at radius 3 is 2.24 bits per heavy atom. The van der Waals surface area contributed by atoms with Crippen LogP contribution in [0.1, 0.15) is 32.8 Å². The van der Waals surface area contributed by atoms with Crippen molar-refractivity contribution in [1.29, 1.82) is 0 Å². The summed E-state index contributed by atoms with van der Waals surface area (Å²) in [5.74, 6) is -0.0463. The van der Waals surface area contributed by atoms with Gasteiger partial charge < -0.3 is 4.74 Å². The summed E-state index contributed by atoms with van der Waals surface area (Å²) in [5, 5.41) is -0.0177. The monoisotopic (exact) mass is 307 g/mol. The summed E-state index contributed by atoms with van der Waals surface area (Å²) in [7, 11) is 0. The molecule has 112 valence electrons. The van der Waals surface area contributed by atoms with Crippen molar-refractivity contribution in [2.75, 3.05) is 6.61 Å². The number of imide groups is 1. The summed E-state index contributed by atoms with van der Waals surface area (Å²) in [4.78, 5) is 25.6. The topological polar surface area (TPSA) is 46.6 Å². The van der Waals surface area contributed by atoms with Gasteiger partial charge in [0, 0.05) is 6.04 Å². The Kier molecular flexibility index (Phi) is 4.68. The molecule has 1 aromatic carbocycles. The summed E-state index contributed by atoms with van der Waals surface area (Å²) < 4.78 is 5.50. The van der Waals surface area contributed by atoms with Crippen LogP contribution in [0.3, 0.4) is 0 Å². The van der Waals surface area contributed by atoms with Crippen molar-refractivity contribution in [2.24, 2.45) is 0 Å². The van der Waals surface area contributed by atoms with Crippen LogP contribution in [0, 0.1) is 0 Å². The highest BCUT2D eigenvalue weighted by Gasteiger charge is 2.39. The van der Waals surface area contributed by atoms with E-state index in [0.29, 0.717) is 12.2 Å². The van der Waals surface area contributed by atoms with E-state index < -0.39 is 5.91 Å². The third-order valence-corrected chi connectivity index (χ3v) is 3.54. The van der Waals surface area contributed by atoms with Gasteiger partial charge in [-0.1, -0.05) is 30.7 Å². The molecule has 4 nitrogen and oxygen atoms in total. The summed E-state index contributed by atoms with van der Waals surface area (Å²) in [6.07, 6.45) is 0.926. The van der Waals surface area contributed by atoms with Crippen LogP contribution in [0.2, 0.25) is 0 Å². The van der Waals surface area contributed by atoms with Gasteiger partial charge in [-0.25, -0.2) is 0 Å². The maximum Gasteiger partial charge on any atom is 0.273 e. The number of carbonyl (C=O) groups excluding carboxylic acids is 2. The van der Waals surface area contributed by atoms with Gasteiger partial charge in [-0.3, -0.25) is 14.5 Å². The second kappa shape index (κ2) is 6.31. The van der Waals surface area contributed by atoms with Crippen molar-refractivity contribution in [3.63, 3.8) is 0 Å². The molecule has 0 N–H and O–H groups in total. The number of hydrogen-bond acceptors (Lipinski definition) is 3. The van der Waals surface area contributed by atoms with Crippen LogP contribution in [-0.4, -0.2) is 29.4 Å². The number of halogens is 1. The molecule has 1 aliphatic heterocycles. The zero-order chi connectivity index (χ0) is 15.6. The van der Waals surface area contributed by atoms with Gasteiger partial charge in [0.15, 0.2) is 0 Å². The minimum atomic E-state index is -0.432. The molecule has 0 spiro atoms. The van der Waals surface area contributed by atoms with E-state index >= 15 is 0 Å². The molecule has 0 saturated carbocycles. The molecule has 0 unspecified atom stereocenters. The lowest BCUT2D eigenvalue weighted by Crippen LogP contribution is -2.37. The molecule has 21 heavy (non-hydrogen) atoms. The second-order valence-corrected chi connectivity index (χ2v) is 5.51. The number of rotatable bonds is 5. The lowest BCUT2D eigenvalue weighted by atomic mass is 10.1. The van der Waals surface area contributed by atoms with Gasteiger partial charge in [-0.2, -0.15) is 0 Å². The van der Waals surface area contributed by atoms with Gasteiger partial charge >= 0.3 is 0 Å². The van der Waals surface area contributed by atoms with Crippen LogP contribution in [0.15, 0.2) is 29.3 Å². The van der Waals surface area contributed by atoms with Crippen molar-refractivity contribution >= 4 is 29.0 Å². The lowest BCUT2D eigenvalue weighted by Gasteiger charge is -2.18. The highest BCUT2D eigenvalue weighted by Crippen LogP contribution is 2.33. The molecule has 1 heterocycles. The fourth-order valence-electron chi connectivity index (χ4n) is 2.18. The molecule has 0 saturated heterocycles. The first-order chi connectivity index (χ1) is 9.97. The molecule has 0 fully saturated rings. The predicted octanol–water partition coefficient (Wildman–Crippen LogP) is 3.20. The number of carbonyl (C=O) groups is 2. The van der Waals surface area contributed by atoms with Crippen molar-refractivity contribution in [3.8, 4) is 5.75 Å². The molecular weight excluding hydrogens is 290 g/mol. The van der Waals surface area contributed by atoms with Crippen LogP contribution < -0.4 is 4.74 Å². The SMILES string of the molecule is CCCOc1ccc(C2=C(Cl)C(=O)N(C(C)C)C2=O)cc1. The third-order valence-electron chi connectivity index (χ3n) is 3.19.